The fraction of sp³-hybridized carbons (Fsp3) is 0.600. The van der Waals surface area contributed by atoms with E-state index >= 15 is 0 Å². The molecule has 1 unspecified atom stereocenters. The number of rotatable bonds is 9. The second-order valence-electron chi connectivity index (χ2n) is 5.24. The summed E-state index contributed by atoms with van der Waals surface area (Å²) >= 11 is 0. The molecule has 0 bridgehead atoms. The molecular weight excluding hydrogens is 291 g/mol. The highest BCUT2D eigenvalue weighted by molar-refractivity contribution is 7.89. The highest BCUT2D eigenvalue weighted by Crippen LogP contribution is 2.18. The Hall–Kier alpha value is -0.980. The van der Waals surface area contributed by atoms with Gasteiger partial charge in [-0.1, -0.05) is 39.2 Å². The van der Waals surface area contributed by atoms with Crippen molar-refractivity contribution >= 4 is 10.0 Å². The summed E-state index contributed by atoms with van der Waals surface area (Å²) in [6.07, 6.45) is 4.02. The minimum absolute atomic E-state index is 0.177. The van der Waals surface area contributed by atoms with Crippen molar-refractivity contribution in [2.45, 2.75) is 51.0 Å². The van der Waals surface area contributed by atoms with Gasteiger partial charge in [-0.15, -0.1) is 0 Å². The zero-order chi connectivity index (χ0) is 15.9. The molecule has 3 N–H and O–H groups in total. The van der Waals surface area contributed by atoms with Crippen molar-refractivity contribution in [1.29, 1.82) is 0 Å². The summed E-state index contributed by atoms with van der Waals surface area (Å²) in [6, 6.07) is 3.93. The zero-order valence-corrected chi connectivity index (χ0v) is 13.5. The molecule has 0 amide bonds. The van der Waals surface area contributed by atoms with Crippen LogP contribution < -0.4 is 10.5 Å². The Morgan fingerprint density at radius 1 is 1.33 bits per heavy atom. The van der Waals surface area contributed by atoms with Crippen LogP contribution in [0.1, 0.15) is 45.1 Å². The number of sulfonamides is 1. The van der Waals surface area contributed by atoms with Crippen molar-refractivity contribution < 1.29 is 12.8 Å². The van der Waals surface area contributed by atoms with Crippen LogP contribution in [0.4, 0.5) is 4.39 Å². The number of benzene rings is 1. The number of hydrogen-bond acceptors (Lipinski definition) is 3. The second-order valence-corrected chi connectivity index (χ2v) is 6.97. The Morgan fingerprint density at radius 2 is 2.05 bits per heavy atom. The third kappa shape index (κ3) is 5.37. The third-order valence-electron chi connectivity index (χ3n) is 3.63. The minimum Gasteiger partial charge on any atom is -0.326 e. The Bertz CT molecular complexity index is 547. The smallest absolute Gasteiger partial charge is 0.243 e. The van der Waals surface area contributed by atoms with Gasteiger partial charge in [-0.2, -0.15) is 0 Å². The summed E-state index contributed by atoms with van der Waals surface area (Å²) in [5, 5.41) is 0. The largest absolute Gasteiger partial charge is 0.326 e. The van der Waals surface area contributed by atoms with Gasteiger partial charge in [-0.3, -0.25) is 0 Å². The molecule has 0 radical (unpaired) electrons. The zero-order valence-electron chi connectivity index (χ0n) is 12.7. The first-order valence-corrected chi connectivity index (χ1v) is 8.91. The summed E-state index contributed by atoms with van der Waals surface area (Å²) in [6.45, 7) is 4.65. The van der Waals surface area contributed by atoms with E-state index in [0.29, 0.717) is 12.1 Å². The van der Waals surface area contributed by atoms with Crippen molar-refractivity contribution in [3.8, 4) is 0 Å². The van der Waals surface area contributed by atoms with Crippen LogP contribution >= 0.6 is 0 Å². The average molecular weight is 316 g/mol. The lowest BCUT2D eigenvalue weighted by Gasteiger charge is -2.16. The van der Waals surface area contributed by atoms with Crippen LogP contribution in [-0.2, 0) is 16.6 Å². The molecular formula is C15H25FN2O2S. The molecule has 120 valence electrons. The predicted octanol–water partition coefficient (Wildman–Crippen LogP) is 2.78. The van der Waals surface area contributed by atoms with Gasteiger partial charge in [0.25, 0.3) is 0 Å². The molecule has 1 rings (SSSR count). The van der Waals surface area contributed by atoms with E-state index in [2.05, 4.69) is 11.6 Å². The number of hydrogen-bond donors (Lipinski definition) is 2. The highest BCUT2D eigenvalue weighted by Gasteiger charge is 2.20. The number of nitrogens with one attached hydrogen (secondary N) is 1. The minimum atomic E-state index is -3.83. The van der Waals surface area contributed by atoms with Crippen molar-refractivity contribution in [3.05, 3.63) is 29.6 Å². The third-order valence-corrected chi connectivity index (χ3v) is 5.06. The van der Waals surface area contributed by atoms with Crippen molar-refractivity contribution in [1.82, 2.24) is 4.72 Å². The first-order chi connectivity index (χ1) is 9.94. The van der Waals surface area contributed by atoms with Gasteiger partial charge in [0.05, 0.1) is 0 Å². The SMILES string of the molecule is CCCCC(CC)CNS(=O)(=O)c1cc(CN)ccc1F. The topological polar surface area (TPSA) is 72.2 Å². The highest BCUT2D eigenvalue weighted by atomic mass is 32.2. The van der Waals surface area contributed by atoms with Crippen LogP contribution in [0.2, 0.25) is 0 Å². The van der Waals surface area contributed by atoms with Gasteiger partial charge in [-0.05, 0) is 30.0 Å². The van der Waals surface area contributed by atoms with Gasteiger partial charge >= 0.3 is 0 Å². The molecule has 4 nitrogen and oxygen atoms in total. The maximum atomic E-state index is 13.8. The molecule has 21 heavy (non-hydrogen) atoms. The molecule has 0 aliphatic carbocycles. The molecule has 1 aromatic rings. The molecule has 0 aromatic heterocycles. The summed E-state index contributed by atoms with van der Waals surface area (Å²) in [5.74, 6) is -0.471. The van der Waals surface area contributed by atoms with Gasteiger partial charge < -0.3 is 5.73 Å². The summed E-state index contributed by atoms with van der Waals surface area (Å²) in [5.41, 5.74) is 6.07. The van der Waals surface area contributed by atoms with E-state index in [1.807, 2.05) is 6.92 Å². The molecule has 6 heteroatoms. The molecule has 0 saturated heterocycles. The van der Waals surface area contributed by atoms with Crippen molar-refractivity contribution in [2.24, 2.45) is 11.7 Å². The van der Waals surface area contributed by atoms with E-state index in [9.17, 15) is 12.8 Å². The van der Waals surface area contributed by atoms with E-state index in [4.69, 9.17) is 5.73 Å². The molecule has 0 aliphatic heterocycles. The Morgan fingerprint density at radius 3 is 2.62 bits per heavy atom. The summed E-state index contributed by atoms with van der Waals surface area (Å²) in [7, 11) is -3.83. The number of nitrogens with two attached hydrogens (primary N) is 1. The van der Waals surface area contributed by atoms with Crippen LogP contribution in [0.15, 0.2) is 23.1 Å². The van der Waals surface area contributed by atoms with Crippen LogP contribution in [0.5, 0.6) is 0 Å². The lowest BCUT2D eigenvalue weighted by Crippen LogP contribution is -2.30. The van der Waals surface area contributed by atoms with Crippen LogP contribution in [0, 0.1) is 11.7 Å². The summed E-state index contributed by atoms with van der Waals surface area (Å²) in [4.78, 5) is -0.323. The Labute approximate surface area is 127 Å². The normalized spacial score (nSPS) is 13.3. The van der Waals surface area contributed by atoms with Gasteiger partial charge in [0.1, 0.15) is 10.7 Å². The standard InChI is InChI=1S/C15H25FN2O2S/c1-3-5-6-12(4-2)11-18-21(19,20)15-9-13(10-17)7-8-14(15)16/h7-9,12,18H,3-6,10-11,17H2,1-2H3. The fourth-order valence-corrected chi connectivity index (χ4v) is 3.37. The second kappa shape index (κ2) is 8.46. The molecule has 1 aromatic carbocycles. The molecule has 0 aliphatic rings. The Kier molecular flexibility index (Phi) is 7.28. The monoisotopic (exact) mass is 316 g/mol. The average Bonchev–Trinajstić information content (AvgIpc) is 2.47. The van der Waals surface area contributed by atoms with E-state index in [-0.39, 0.29) is 17.4 Å². The first-order valence-electron chi connectivity index (χ1n) is 7.42. The van der Waals surface area contributed by atoms with Gasteiger partial charge in [0.2, 0.25) is 10.0 Å². The summed E-state index contributed by atoms with van der Waals surface area (Å²) < 4.78 is 40.7. The number of unbranched alkanes of at least 4 members (excludes halogenated alkanes) is 1. The number of halogens is 1. The first kappa shape index (κ1) is 18.1. The molecule has 0 spiro atoms. The predicted molar refractivity (Wildman–Crippen MR) is 82.8 cm³/mol. The molecule has 1 atom stereocenters. The molecule has 0 fully saturated rings. The Balaban J connectivity index is 2.81. The van der Waals surface area contributed by atoms with Gasteiger partial charge in [0, 0.05) is 13.1 Å². The fourth-order valence-electron chi connectivity index (χ4n) is 2.13. The quantitative estimate of drug-likeness (QED) is 0.736. The van der Waals surface area contributed by atoms with E-state index in [1.54, 1.807) is 0 Å². The molecule has 0 saturated carbocycles. The van der Waals surface area contributed by atoms with E-state index < -0.39 is 15.8 Å². The van der Waals surface area contributed by atoms with Crippen molar-refractivity contribution in [3.63, 3.8) is 0 Å². The van der Waals surface area contributed by atoms with E-state index in [1.165, 1.54) is 12.1 Å². The molecule has 0 heterocycles. The van der Waals surface area contributed by atoms with Crippen LogP contribution in [0.3, 0.4) is 0 Å². The van der Waals surface area contributed by atoms with Gasteiger partial charge in [0.15, 0.2) is 0 Å². The lowest BCUT2D eigenvalue weighted by molar-refractivity contribution is 0.443. The van der Waals surface area contributed by atoms with Crippen LogP contribution in [0.25, 0.3) is 0 Å². The lowest BCUT2D eigenvalue weighted by atomic mass is 10.00. The van der Waals surface area contributed by atoms with Gasteiger partial charge in [-0.25, -0.2) is 17.5 Å². The maximum Gasteiger partial charge on any atom is 0.243 e. The van der Waals surface area contributed by atoms with E-state index in [0.717, 1.165) is 31.7 Å². The maximum absolute atomic E-state index is 13.8. The van der Waals surface area contributed by atoms with Crippen LogP contribution in [-0.4, -0.2) is 15.0 Å². The van der Waals surface area contributed by atoms with Crippen molar-refractivity contribution in [2.75, 3.05) is 6.54 Å².